The number of rotatable bonds is 7. The first-order valence-electron chi connectivity index (χ1n) is 10.0. The van der Waals surface area contributed by atoms with Crippen LogP contribution < -0.4 is 5.32 Å². The Balaban J connectivity index is 1.58. The highest BCUT2D eigenvalue weighted by Gasteiger charge is 2.33. The summed E-state index contributed by atoms with van der Waals surface area (Å²) in [5.41, 5.74) is 4.82. The molecule has 0 saturated heterocycles. The summed E-state index contributed by atoms with van der Waals surface area (Å²) in [5, 5.41) is 12.2. The second-order valence-corrected chi connectivity index (χ2v) is 7.85. The van der Waals surface area contributed by atoms with E-state index in [2.05, 4.69) is 15.5 Å². The molecule has 2 aromatic rings. The Morgan fingerprint density at radius 2 is 2.18 bits per heavy atom. The van der Waals surface area contributed by atoms with Gasteiger partial charge in [0.25, 0.3) is 5.91 Å². The van der Waals surface area contributed by atoms with Crippen LogP contribution in [0.1, 0.15) is 71.7 Å². The first kappa shape index (κ1) is 19.1. The largest absolute Gasteiger partial charge is 0.383 e. The van der Waals surface area contributed by atoms with Crippen LogP contribution in [-0.4, -0.2) is 45.3 Å². The molecule has 8 heteroatoms. The van der Waals surface area contributed by atoms with Crippen molar-refractivity contribution in [1.82, 2.24) is 24.9 Å². The molecular weight excluding hydrogens is 358 g/mol. The monoisotopic (exact) mass is 387 g/mol. The number of hydrogen-bond acceptors (Lipinski definition) is 5. The van der Waals surface area contributed by atoms with Gasteiger partial charge >= 0.3 is 0 Å². The first-order valence-corrected chi connectivity index (χ1v) is 10.0. The average molecular weight is 387 g/mol. The third-order valence-corrected chi connectivity index (χ3v) is 5.64. The SMILES string of the molecule is COCCn1nc2c(c1C(=O)NCc1c(C3CC3)cnn1C)C[C@H](C)O[C@@H]2C. The molecule has 0 unspecified atom stereocenters. The van der Waals surface area contributed by atoms with Crippen molar-refractivity contribution in [2.24, 2.45) is 7.05 Å². The topological polar surface area (TPSA) is 83.2 Å². The van der Waals surface area contributed by atoms with Gasteiger partial charge in [-0.05, 0) is 38.2 Å². The molecule has 152 valence electrons. The number of carbonyl (C=O) groups excluding carboxylic acids is 1. The molecular formula is C20H29N5O3. The van der Waals surface area contributed by atoms with Gasteiger partial charge in [-0.3, -0.25) is 14.2 Å². The van der Waals surface area contributed by atoms with E-state index in [0.717, 1.165) is 17.0 Å². The van der Waals surface area contributed by atoms with Crippen molar-refractivity contribution in [2.75, 3.05) is 13.7 Å². The predicted octanol–water partition coefficient (Wildman–Crippen LogP) is 2.09. The molecule has 1 fully saturated rings. The minimum atomic E-state index is -0.118. The Labute approximate surface area is 165 Å². The van der Waals surface area contributed by atoms with Crippen LogP contribution in [-0.2, 0) is 36.0 Å². The van der Waals surface area contributed by atoms with Gasteiger partial charge < -0.3 is 14.8 Å². The van der Waals surface area contributed by atoms with Crippen molar-refractivity contribution >= 4 is 5.91 Å². The number of aryl methyl sites for hydroxylation is 1. The Hall–Kier alpha value is -2.19. The van der Waals surface area contributed by atoms with Gasteiger partial charge in [0, 0.05) is 26.1 Å². The molecule has 1 N–H and O–H groups in total. The summed E-state index contributed by atoms with van der Waals surface area (Å²) in [4.78, 5) is 13.2. The molecule has 1 amide bonds. The second kappa shape index (κ2) is 7.67. The van der Waals surface area contributed by atoms with E-state index in [1.165, 1.54) is 18.4 Å². The number of nitrogens with zero attached hydrogens (tertiary/aromatic N) is 4. The van der Waals surface area contributed by atoms with E-state index >= 15 is 0 Å². The maximum atomic E-state index is 13.2. The molecule has 0 bridgehead atoms. The zero-order valence-corrected chi connectivity index (χ0v) is 17.1. The maximum absolute atomic E-state index is 13.2. The van der Waals surface area contributed by atoms with Gasteiger partial charge in [0.2, 0.25) is 0 Å². The predicted molar refractivity (Wildman–Crippen MR) is 103 cm³/mol. The van der Waals surface area contributed by atoms with E-state index in [-0.39, 0.29) is 18.1 Å². The summed E-state index contributed by atoms with van der Waals surface area (Å²) >= 11 is 0. The quantitative estimate of drug-likeness (QED) is 0.787. The molecule has 2 aliphatic rings. The fourth-order valence-electron chi connectivity index (χ4n) is 4.07. The molecule has 3 heterocycles. The highest BCUT2D eigenvalue weighted by molar-refractivity contribution is 5.94. The lowest BCUT2D eigenvalue weighted by molar-refractivity contribution is -0.00716. The third-order valence-electron chi connectivity index (χ3n) is 5.64. The number of methoxy groups -OCH3 is 1. The molecule has 2 atom stereocenters. The zero-order chi connectivity index (χ0) is 19.8. The molecule has 0 spiro atoms. The number of amides is 1. The lowest BCUT2D eigenvalue weighted by Gasteiger charge is -2.24. The van der Waals surface area contributed by atoms with Gasteiger partial charge in [-0.1, -0.05) is 0 Å². The van der Waals surface area contributed by atoms with Crippen LogP contribution in [0.3, 0.4) is 0 Å². The third kappa shape index (κ3) is 3.58. The summed E-state index contributed by atoms with van der Waals surface area (Å²) in [6.45, 7) is 5.52. The fourth-order valence-corrected chi connectivity index (χ4v) is 4.07. The van der Waals surface area contributed by atoms with E-state index in [1.54, 1.807) is 11.8 Å². The number of carbonyl (C=O) groups is 1. The van der Waals surface area contributed by atoms with Crippen molar-refractivity contribution in [3.63, 3.8) is 0 Å². The average Bonchev–Trinajstić information content (AvgIpc) is 3.33. The standard InChI is InChI=1S/C20H29N5O3/c1-12-9-15-18(13(2)28-12)23-25(7-8-27-4)19(15)20(26)21-11-17-16(14-5-6-14)10-22-24(17)3/h10,12-14H,5-9,11H2,1-4H3,(H,21,26)/t12-,13+/m0/s1. The van der Waals surface area contributed by atoms with Crippen LogP contribution in [0.5, 0.6) is 0 Å². The van der Waals surface area contributed by atoms with E-state index < -0.39 is 0 Å². The number of hydrogen-bond donors (Lipinski definition) is 1. The van der Waals surface area contributed by atoms with Crippen LogP contribution >= 0.6 is 0 Å². The fraction of sp³-hybridized carbons (Fsp3) is 0.650. The molecule has 1 aliphatic carbocycles. The molecule has 8 nitrogen and oxygen atoms in total. The van der Waals surface area contributed by atoms with Gasteiger partial charge in [0.15, 0.2) is 0 Å². The molecule has 28 heavy (non-hydrogen) atoms. The lowest BCUT2D eigenvalue weighted by Crippen LogP contribution is -2.30. The smallest absolute Gasteiger partial charge is 0.270 e. The van der Waals surface area contributed by atoms with Gasteiger partial charge in [-0.2, -0.15) is 10.2 Å². The van der Waals surface area contributed by atoms with E-state index in [4.69, 9.17) is 9.47 Å². The Kier molecular flexibility index (Phi) is 5.25. The highest BCUT2D eigenvalue weighted by Crippen LogP contribution is 2.41. The van der Waals surface area contributed by atoms with Crippen LogP contribution in [0.4, 0.5) is 0 Å². The number of fused-ring (bicyclic) bond motifs is 1. The van der Waals surface area contributed by atoms with E-state index in [9.17, 15) is 4.79 Å². The zero-order valence-electron chi connectivity index (χ0n) is 17.1. The van der Waals surface area contributed by atoms with E-state index in [1.807, 2.05) is 31.8 Å². The van der Waals surface area contributed by atoms with Crippen molar-refractivity contribution in [3.8, 4) is 0 Å². The molecule has 1 saturated carbocycles. The molecule has 1 aliphatic heterocycles. The van der Waals surface area contributed by atoms with Crippen LogP contribution in [0.15, 0.2) is 6.20 Å². The summed E-state index contributed by atoms with van der Waals surface area (Å²) < 4.78 is 14.7. The normalized spacial score (nSPS) is 21.6. The Morgan fingerprint density at radius 1 is 1.39 bits per heavy atom. The van der Waals surface area contributed by atoms with E-state index in [0.29, 0.717) is 37.7 Å². The van der Waals surface area contributed by atoms with Gasteiger partial charge in [0.1, 0.15) is 5.69 Å². The summed E-state index contributed by atoms with van der Waals surface area (Å²) in [7, 11) is 3.58. The van der Waals surface area contributed by atoms with Gasteiger partial charge in [-0.15, -0.1) is 0 Å². The minimum absolute atomic E-state index is 0.0627. The van der Waals surface area contributed by atoms with Crippen molar-refractivity contribution in [2.45, 2.75) is 64.3 Å². The number of nitrogens with one attached hydrogen (secondary N) is 1. The van der Waals surface area contributed by atoms with Crippen LogP contribution in [0.2, 0.25) is 0 Å². The highest BCUT2D eigenvalue weighted by atomic mass is 16.5. The molecule has 2 aromatic heterocycles. The summed E-state index contributed by atoms with van der Waals surface area (Å²) in [6.07, 6.45) is 4.98. The summed E-state index contributed by atoms with van der Waals surface area (Å²) in [5.74, 6) is 0.494. The van der Waals surface area contributed by atoms with Gasteiger partial charge in [0.05, 0.1) is 49.5 Å². The number of aromatic nitrogens is 4. The number of ether oxygens (including phenoxy) is 2. The lowest BCUT2D eigenvalue weighted by atomic mass is 9.99. The van der Waals surface area contributed by atoms with Gasteiger partial charge in [-0.25, -0.2) is 0 Å². The second-order valence-electron chi connectivity index (χ2n) is 7.85. The van der Waals surface area contributed by atoms with Crippen LogP contribution in [0, 0.1) is 0 Å². The Morgan fingerprint density at radius 3 is 2.89 bits per heavy atom. The van der Waals surface area contributed by atoms with Crippen molar-refractivity contribution in [1.29, 1.82) is 0 Å². The molecule has 0 aromatic carbocycles. The minimum Gasteiger partial charge on any atom is -0.383 e. The van der Waals surface area contributed by atoms with Crippen molar-refractivity contribution < 1.29 is 14.3 Å². The Bertz CT molecular complexity index is 868. The van der Waals surface area contributed by atoms with Crippen LogP contribution in [0.25, 0.3) is 0 Å². The molecule has 0 radical (unpaired) electrons. The summed E-state index contributed by atoms with van der Waals surface area (Å²) in [6, 6.07) is 0. The maximum Gasteiger partial charge on any atom is 0.270 e. The molecule has 4 rings (SSSR count). The first-order chi connectivity index (χ1) is 13.5. The van der Waals surface area contributed by atoms with Crippen molar-refractivity contribution in [3.05, 3.63) is 34.4 Å².